The Morgan fingerprint density at radius 2 is 1.96 bits per heavy atom. The van der Waals surface area contributed by atoms with Gasteiger partial charge in [0, 0.05) is 30.9 Å². The van der Waals surface area contributed by atoms with Crippen molar-refractivity contribution in [1.82, 2.24) is 9.38 Å². The van der Waals surface area contributed by atoms with Gasteiger partial charge in [0.2, 0.25) is 0 Å². The topological polar surface area (TPSA) is 81.9 Å². The molecule has 0 saturated carbocycles. The van der Waals surface area contributed by atoms with Crippen molar-refractivity contribution in [2.45, 2.75) is 6.42 Å². The van der Waals surface area contributed by atoms with Crippen molar-refractivity contribution in [2.75, 3.05) is 18.5 Å². The van der Waals surface area contributed by atoms with Crippen molar-refractivity contribution in [2.24, 2.45) is 0 Å². The van der Waals surface area contributed by atoms with Crippen LogP contribution in [0.1, 0.15) is 16.8 Å². The van der Waals surface area contributed by atoms with Crippen LogP contribution in [0.2, 0.25) is 5.02 Å². The number of amides is 1. The van der Waals surface area contributed by atoms with Crippen molar-refractivity contribution in [3.8, 4) is 11.5 Å². The van der Waals surface area contributed by atoms with E-state index in [0.29, 0.717) is 36.0 Å². The van der Waals surface area contributed by atoms with Crippen LogP contribution < -0.4 is 20.3 Å². The largest absolute Gasteiger partial charge is 0.490 e. The average molecular weight is 372 g/mol. The monoisotopic (exact) mass is 371 g/mol. The Balaban J connectivity index is 1.68. The molecule has 7 nitrogen and oxygen atoms in total. The molecule has 8 heteroatoms. The van der Waals surface area contributed by atoms with Crippen LogP contribution in [0.15, 0.2) is 47.5 Å². The molecule has 0 bridgehead atoms. The maximum atomic E-state index is 12.6. The second kappa shape index (κ2) is 6.68. The molecule has 4 rings (SSSR count). The van der Waals surface area contributed by atoms with E-state index >= 15 is 0 Å². The highest BCUT2D eigenvalue weighted by Crippen LogP contribution is 2.37. The van der Waals surface area contributed by atoms with Crippen LogP contribution in [-0.2, 0) is 0 Å². The van der Waals surface area contributed by atoms with Gasteiger partial charge in [-0.25, -0.2) is 4.98 Å². The quantitative estimate of drug-likeness (QED) is 0.749. The van der Waals surface area contributed by atoms with Crippen LogP contribution in [0.25, 0.3) is 5.65 Å². The molecule has 1 aromatic carbocycles. The summed E-state index contributed by atoms with van der Waals surface area (Å²) in [4.78, 5) is 29.2. The van der Waals surface area contributed by atoms with Gasteiger partial charge in [0.1, 0.15) is 11.2 Å². The molecule has 1 amide bonds. The summed E-state index contributed by atoms with van der Waals surface area (Å²) < 4.78 is 12.5. The molecule has 2 aromatic heterocycles. The zero-order chi connectivity index (χ0) is 18.1. The van der Waals surface area contributed by atoms with Crippen LogP contribution in [0.3, 0.4) is 0 Å². The second-order valence-electron chi connectivity index (χ2n) is 5.69. The van der Waals surface area contributed by atoms with Gasteiger partial charge in [-0.15, -0.1) is 0 Å². The van der Waals surface area contributed by atoms with Crippen LogP contribution >= 0.6 is 11.6 Å². The molecular weight excluding hydrogens is 358 g/mol. The van der Waals surface area contributed by atoms with E-state index in [9.17, 15) is 9.59 Å². The highest BCUT2D eigenvalue weighted by molar-refractivity contribution is 6.34. The first-order chi connectivity index (χ1) is 12.6. The summed E-state index contributed by atoms with van der Waals surface area (Å²) in [6, 6.07) is 8.32. The van der Waals surface area contributed by atoms with Crippen LogP contribution in [0.4, 0.5) is 5.69 Å². The summed E-state index contributed by atoms with van der Waals surface area (Å²) in [6.45, 7) is 1.05. The van der Waals surface area contributed by atoms with Crippen molar-refractivity contribution in [3.63, 3.8) is 0 Å². The van der Waals surface area contributed by atoms with E-state index in [-0.39, 0.29) is 10.6 Å². The molecule has 3 aromatic rings. The van der Waals surface area contributed by atoms with Gasteiger partial charge in [-0.3, -0.25) is 14.0 Å². The molecule has 0 atom stereocenters. The highest BCUT2D eigenvalue weighted by atomic mass is 35.5. The summed E-state index contributed by atoms with van der Waals surface area (Å²) in [5, 5.41) is 2.93. The van der Waals surface area contributed by atoms with Gasteiger partial charge in [-0.1, -0.05) is 17.7 Å². The Kier molecular flexibility index (Phi) is 4.22. The number of fused-ring (bicyclic) bond motifs is 2. The Hall–Kier alpha value is -3.06. The van der Waals surface area contributed by atoms with Gasteiger partial charge < -0.3 is 14.8 Å². The standard InChI is InChI=1S/C18H14ClN3O4/c19-12-8-14-15(26-7-3-6-25-14)9-13(12)21-17(23)11-10-20-16-4-1-2-5-22(16)18(11)24/h1-2,4-5,8-10H,3,6-7H2,(H,21,23). The van der Waals surface area contributed by atoms with E-state index in [2.05, 4.69) is 10.3 Å². The Labute approximate surface area is 153 Å². The lowest BCUT2D eigenvalue weighted by Crippen LogP contribution is -2.26. The molecule has 0 aliphatic carbocycles. The first-order valence-electron chi connectivity index (χ1n) is 8.00. The van der Waals surface area contributed by atoms with Crippen molar-refractivity contribution in [3.05, 3.63) is 63.7 Å². The molecule has 0 fully saturated rings. The maximum absolute atomic E-state index is 12.6. The maximum Gasteiger partial charge on any atom is 0.270 e. The van der Waals surface area contributed by atoms with Gasteiger partial charge >= 0.3 is 0 Å². The fourth-order valence-corrected chi connectivity index (χ4v) is 2.85. The molecule has 0 unspecified atom stereocenters. The summed E-state index contributed by atoms with van der Waals surface area (Å²) in [5.41, 5.74) is 0.247. The molecular formula is C18H14ClN3O4. The number of nitrogens with one attached hydrogen (secondary N) is 1. The number of pyridine rings is 1. The molecule has 3 heterocycles. The predicted octanol–water partition coefficient (Wildman–Crippen LogP) is 2.76. The summed E-state index contributed by atoms with van der Waals surface area (Å²) in [7, 11) is 0. The zero-order valence-electron chi connectivity index (χ0n) is 13.6. The van der Waals surface area contributed by atoms with Crippen LogP contribution in [0.5, 0.6) is 11.5 Å². The van der Waals surface area contributed by atoms with Crippen LogP contribution in [0, 0.1) is 0 Å². The fourth-order valence-electron chi connectivity index (χ4n) is 2.65. The van der Waals surface area contributed by atoms with Crippen molar-refractivity contribution in [1.29, 1.82) is 0 Å². The van der Waals surface area contributed by atoms with Crippen molar-refractivity contribution >= 4 is 28.8 Å². The van der Waals surface area contributed by atoms with E-state index in [4.69, 9.17) is 21.1 Å². The average Bonchev–Trinajstić information content (AvgIpc) is 2.87. The third kappa shape index (κ3) is 2.97. The minimum Gasteiger partial charge on any atom is -0.490 e. The van der Waals surface area contributed by atoms with E-state index in [1.807, 2.05) is 0 Å². The summed E-state index contributed by atoms with van der Waals surface area (Å²) in [6.07, 6.45) is 3.57. The van der Waals surface area contributed by atoms with Gasteiger partial charge in [-0.05, 0) is 12.1 Å². The number of benzene rings is 1. The molecule has 0 radical (unpaired) electrons. The number of anilines is 1. The van der Waals surface area contributed by atoms with Gasteiger partial charge in [0.25, 0.3) is 11.5 Å². The summed E-state index contributed by atoms with van der Waals surface area (Å²) in [5.74, 6) is 0.422. The number of halogens is 1. The number of hydrogen-bond acceptors (Lipinski definition) is 5. The number of carbonyl (C=O) groups excluding carboxylic acids is 1. The molecule has 1 aliphatic rings. The number of aromatic nitrogens is 2. The third-order valence-corrected chi connectivity index (χ3v) is 4.26. The number of ether oxygens (including phenoxy) is 2. The third-order valence-electron chi connectivity index (χ3n) is 3.94. The predicted molar refractivity (Wildman–Crippen MR) is 96.5 cm³/mol. The van der Waals surface area contributed by atoms with E-state index in [1.54, 1.807) is 36.5 Å². The molecule has 26 heavy (non-hydrogen) atoms. The Morgan fingerprint density at radius 1 is 1.19 bits per heavy atom. The minimum absolute atomic E-state index is 0.0862. The van der Waals surface area contributed by atoms with E-state index in [1.165, 1.54) is 10.6 Å². The van der Waals surface area contributed by atoms with Gasteiger partial charge in [0.05, 0.1) is 23.9 Å². The number of rotatable bonds is 2. The number of carbonyl (C=O) groups is 1. The lowest BCUT2D eigenvalue weighted by Gasteiger charge is -2.12. The van der Waals surface area contributed by atoms with Gasteiger partial charge in [0.15, 0.2) is 11.5 Å². The Morgan fingerprint density at radius 3 is 2.77 bits per heavy atom. The minimum atomic E-state index is -0.600. The molecule has 1 N–H and O–H groups in total. The molecule has 0 spiro atoms. The zero-order valence-corrected chi connectivity index (χ0v) is 14.3. The first-order valence-corrected chi connectivity index (χ1v) is 8.38. The SMILES string of the molecule is O=C(Nc1cc2c(cc1Cl)OCCCO2)c1cnc2ccccn2c1=O. The molecule has 1 aliphatic heterocycles. The lowest BCUT2D eigenvalue weighted by atomic mass is 10.2. The Bertz CT molecular complexity index is 1060. The second-order valence-corrected chi connectivity index (χ2v) is 6.10. The smallest absolute Gasteiger partial charge is 0.270 e. The fraction of sp³-hybridized carbons (Fsp3) is 0.167. The normalized spacial score (nSPS) is 13.3. The van der Waals surface area contributed by atoms with Crippen LogP contribution in [-0.4, -0.2) is 28.5 Å². The van der Waals surface area contributed by atoms with Gasteiger partial charge in [-0.2, -0.15) is 0 Å². The number of nitrogens with zero attached hydrogens (tertiary/aromatic N) is 2. The van der Waals surface area contributed by atoms with Crippen molar-refractivity contribution < 1.29 is 14.3 Å². The van der Waals surface area contributed by atoms with E-state index < -0.39 is 11.5 Å². The van der Waals surface area contributed by atoms with E-state index in [0.717, 1.165) is 6.42 Å². The highest BCUT2D eigenvalue weighted by Gasteiger charge is 2.18. The summed E-state index contributed by atoms with van der Waals surface area (Å²) >= 11 is 6.23. The first kappa shape index (κ1) is 16.4. The molecule has 0 saturated heterocycles. The number of hydrogen-bond donors (Lipinski definition) is 1. The lowest BCUT2D eigenvalue weighted by molar-refractivity contribution is 0.102. The molecule has 132 valence electrons.